The molecule has 0 aliphatic heterocycles. The van der Waals surface area contributed by atoms with Gasteiger partial charge in [0.1, 0.15) is 11.5 Å². The van der Waals surface area contributed by atoms with E-state index in [-0.39, 0.29) is 10.8 Å². The van der Waals surface area contributed by atoms with Crippen LogP contribution in [0.25, 0.3) is 0 Å². The van der Waals surface area contributed by atoms with E-state index in [1.54, 1.807) is 24.4 Å². The van der Waals surface area contributed by atoms with Gasteiger partial charge < -0.3 is 10.3 Å². The van der Waals surface area contributed by atoms with Gasteiger partial charge in [-0.15, -0.1) is 0 Å². The highest BCUT2D eigenvalue weighted by molar-refractivity contribution is 9.10. The first kappa shape index (κ1) is 14.5. The van der Waals surface area contributed by atoms with Crippen molar-refractivity contribution in [2.45, 2.75) is 0 Å². The van der Waals surface area contributed by atoms with Crippen LogP contribution in [0.3, 0.4) is 0 Å². The van der Waals surface area contributed by atoms with Crippen LogP contribution in [-0.4, -0.2) is 16.0 Å². The average molecular weight is 357 g/mol. The minimum absolute atomic E-state index is 0.0778. The predicted molar refractivity (Wildman–Crippen MR) is 81.7 cm³/mol. The highest BCUT2D eigenvalue weighted by Gasteiger charge is 2.08. The molecule has 0 aliphatic rings. The van der Waals surface area contributed by atoms with Gasteiger partial charge in [-0.25, -0.2) is 4.39 Å². The number of hydrazine groups is 1. The number of rotatable bonds is 2. The maximum atomic E-state index is 13.4. The van der Waals surface area contributed by atoms with Gasteiger partial charge in [-0.05, 0) is 46.3 Å². The zero-order chi connectivity index (χ0) is 14.5. The van der Waals surface area contributed by atoms with Crippen molar-refractivity contribution in [3.63, 3.8) is 0 Å². The molecular formula is C12H10BrFN4OS. The zero-order valence-corrected chi connectivity index (χ0v) is 12.4. The summed E-state index contributed by atoms with van der Waals surface area (Å²) in [7, 11) is 0. The van der Waals surface area contributed by atoms with E-state index in [1.165, 1.54) is 12.1 Å². The molecule has 0 saturated carbocycles. The molecule has 0 radical (unpaired) electrons. The summed E-state index contributed by atoms with van der Waals surface area (Å²) in [5, 5.41) is 2.71. The van der Waals surface area contributed by atoms with Crippen LogP contribution >= 0.6 is 28.1 Å². The van der Waals surface area contributed by atoms with Gasteiger partial charge in [-0.1, -0.05) is 12.1 Å². The van der Waals surface area contributed by atoms with Gasteiger partial charge in [0.05, 0.1) is 5.69 Å². The number of hydrogen-bond donors (Lipinski definition) is 4. The Kier molecular flexibility index (Phi) is 4.70. The molecule has 0 atom stereocenters. The number of para-hydroxylation sites is 1. The summed E-state index contributed by atoms with van der Waals surface area (Å²) in [5.74, 6) is -0.829. The molecule has 5 nitrogen and oxygen atoms in total. The second-order valence-electron chi connectivity index (χ2n) is 3.74. The maximum absolute atomic E-state index is 13.4. The fourth-order valence-corrected chi connectivity index (χ4v) is 1.90. The number of halogens is 2. The SMILES string of the molecule is O=C(NNC(=S)Nc1ccccc1F)c1cc(Br)c[nH]1. The van der Waals surface area contributed by atoms with Gasteiger partial charge in [-0.2, -0.15) is 0 Å². The van der Waals surface area contributed by atoms with Crippen LogP contribution in [0.5, 0.6) is 0 Å². The Hall–Kier alpha value is -1.93. The Bertz CT molecular complexity index is 646. The first-order valence-corrected chi connectivity index (χ1v) is 6.72. The summed E-state index contributed by atoms with van der Waals surface area (Å²) < 4.78 is 14.1. The van der Waals surface area contributed by atoms with Crippen LogP contribution in [0.2, 0.25) is 0 Å². The van der Waals surface area contributed by atoms with E-state index in [4.69, 9.17) is 12.2 Å². The van der Waals surface area contributed by atoms with Crippen LogP contribution in [0.4, 0.5) is 10.1 Å². The summed E-state index contributed by atoms with van der Waals surface area (Å²) in [4.78, 5) is 14.5. The number of amides is 1. The van der Waals surface area contributed by atoms with Crippen molar-refractivity contribution in [2.75, 3.05) is 5.32 Å². The van der Waals surface area contributed by atoms with Crippen LogP contribution in [-0.2, 0) is 0 Å². The molecule has 2 rings (SSSR count). The van der Waals surface area contributed by atoms with Gasteiger partial charge >= 0.3 is 0 Å². The van der Waals surface area contributed by atoms with Gasteiger partial charge in [0.15, 0.2) is 5.11 Å². The number of anilines is 1. The molecule has 0 aliphatic carbocycles. The number of carbonyl (C=O) groups excluding carboxylic acids is 1. The largest absolute Gasteiger partial charge is 0.356 e. The number of aromatic nitrogens is 1. The summed E-state index contributed by atoms with van der Waals surface area (Å²) in [6, 6.07) is 7.70. The monoisotopic (exact) mass is 356 g/mol. The normalized spacial score (nSPS) is 9.90. The standard InChI is InChI=1S/C12H10BrFN4OS/c13-7-5-10(15-6-7)11(19)17-18-12(20)16-9-4-2-1-3-8(9)14/h1-6,15H,(H,17,19)(H2,16,18,20). The molecule has 0 saturated heterocycles. The van der Waals surface area contributed by atoms with Crippen molar-refractivity contribution in [1.82, 2.24) is 15.8 Å². The Morgan fingerprint density at radius 3 is 2.70 bits per heavy atom. The fourth-order valence-electron chi connectivity index (χ4n) is 1.40. The molecule has 0 fully saturated rings. The van der Waals surface area contributed by atoms with Crippen molar-refractivity contribution in [1.29, 1.82) is 0 Å². The van der Waals surface area contributed by atoms with E-state index in [9.17, 15) is 9.18 Å². The van der Waals surface area contributed by atoms with Gasteiger partial charge in [0, 0.05) is 10.7 Å². The Balaban J connectivity index is 1.87. The van der Waals surface area contributed by atoms with E-state index in [0.717, 1.165) is 4.47 Å². The number of H-pyrrole nitrogens is 1. The molecular weight excluding hydrogens is 347 g/mol. The molecule has 8 heteroatoms. The number of aromatic amines is 1. The number of benzene rings is 1. The molecule has 1 aromatic carbocycles. The Morgan fingerprint density at radius 2 is 2.05 bits per heavy atom. The highest BCUT2D eigenvalue weighted by atomic mass is 79.9. The van der Waals surface area contributed by atoms with E-state index in [2.05, 4.69) is 37.1 Å². The lowest BCUT2D eigenvalue weighted by Gasteiger charge is -2.11. The van der Waals surface area contributed by atoms with Crippen LogP contribution in [0.15, 0.2) is 41.0 Å². The third-order valence-electron chi connectivity index (χ3n) is 2.30. The van der Waals surface area contributed by atoms with Crippen molar-refractivity contribution in [2.24, 2.45) is 0 Å². The highest BCUT2D eigenvalue weighted by Crippen LogP contribution is 2.12. The lowest BCUT2D eigenvalue weighted by atomic mass is 10.3. The second kappa shape index (κ2) is 6.49. The summed E-state index contributed by atoms with van der Waals surface area (Å²) >= 11 is 8.17. The van der Waals surface area contributed by atoms with Crippen LogP contribution in [0.1, 0.15) is 10.5 Å². The third-order valence-corrected chi connectivity index (χ3v) is 2.97. The molecule has 0 spiro atoms. The molecule has 0 unspecified atom stereocenters. The molecule has 104 valence electrons. The average Bonchev–Trinajstić information content (AvgIpc) is 2.85. The van der Waals surface area contributed by atoms with Crippen molar-refractivity contribution < 1.29 is 9.18 Å². The smallest absolute Gasteiger partial charge is 0.286 e. The topological polar surface area (TPSA) is 69.0 Å². The molecule has 20 heavy (non-hydrogen) atoms. The third kappa shape index (κ3) is 3.78. The fraction of sp³-hybridized carbons (Fsp3) is 0. The maximum Gasteiger partial charge on any atom is 0.286 e. The zero-order valence-electron chi connectivity index (χ0n) is 10.0. The number of carbonyl (C=O) groups is 1. The van der Waals surface area contributed by atoms with E-state index in [0.29, 0.717) is 5.69 Å². The van der Waals surface area contributed by atoms with Gasteiger partial charge in [0.2, 0.25) is 0 Å². The van der Waals surface area contributed by atoms with Crippen molar-refractivity contribution in [3.05, 3.63) is 52.5 Å². The lowest BCUT2D eigenvalue weighted by molar-refractivity contribution is 0.0940. The number of thiocarbonyl (C=S) groups is 1. The van der Waals surface area contributed by atoms with Gasteiger partial charge in [0.25, 0.3) is 5.91 Å². The van der Waals surface area contributed by atoms with E-state index >= 15 is 0 Å². The minimum atomic E-state index is -0.434. The molecule has 2 aromatic rings. The van der Waals surface area contributed by atoms with Crippen LogP contribution < -0.4 is 16.2 Å². The first-order valence-electron chi connectivity index (χ1n) is 5.52. The number of hydrogen-bond acceptors (Lipinski definition) is 2. The molecule has 1 amide bonds. The molecule has 1 heterocycles. The number of nitrogens with one attached hydrogen (secondary N) is 4. The molecule has 4 N–H and O–H groups in total. The quantitative estimate of drug-likeness (QED) is 0.493. The summed E-state index contributed by atoms with van der Waals surface area (Å²) in [6.45, 7) is 0. The molecule has 0 bridgehead atoms. The van der Waals surface area contributed by atoms with Crippen molar-refractivity contribution in [3.8, 4) is 0 Å². The van der Waals surface area contributed by atoms with Crippen molar-refractivity contribution >= 4 is 44.9 Å². The first-order chi connectivity index (χ1) is 9.56. The lowest BCUT2D eigenvalue weighted by Crippen LogP contribution is -2.44. The minimum Gasteiger partial charge on any atom is -0.356 e. The Morgan fingerprint density at radius 1 is 1.30 bits per heavy atom. The summed E-state index contributed by atoms with van der Waals surface area (Å²) in [5.41, 5.74) is 5.45. The van der Waals surface area contributed by atoms with Crippen LogP contribution in [0, 0.1) is 5.82 Å². The van der Waals surface area contributed by atoms with Gasteiger partial charge in [-0.3, -0.25) is 15.6 Å². The van der Waals surface area contributed by atoms with E-state index < -0.39 is 11.7 Å². The van der Waals surface area contributed by atoms with E-state index in [1.807, 2.05) is 0 Å². The Labute approximate surface area is 128 Å². The molecule has 1 aromatic heterocycles. The summed E-state index contributed by atoms with van der Waals surface area (Å²) in [6.07, 6.45) is 1.63. The second-order valence-corrected chi connectivity index (χ2v) is 5.07. The predicted octanol–water partition coefficient (Wildman–Crippen LogP) is 2.55.